The lowest BCUT2D eigenvalue weighted by Crippen LogP contribution is -2.46. The number of nitrogens with zero attached hydrogens (tertiary/aromatic N) is 1. The largest absolute Gasteiger partial charge is 0.457 e. The Morgan fingerprint density at radius 3 is 2.62 bits per heavy atom. The minimum Gasteiger partial charge on any atom is -0.457 e. The topological polar surface area (TPSA) is 72.1 Å². The quantitative estimate of drug-likeness (QED) is 0.426. The highest BCUT2D eigenvalue weighted by Gasteiger charge is 2.37. The molecule has 0 radical (unpaired) electrons. The molecule has 0 spiro atoms. The van der Waals surface area contributed by atoms with E-state index in [0.717, 1.165) is 60.1 Å². The van der Waals surface area contributed by atoms with Gasteiger partial charge in [0.25, 0.3) is 0 Å². The second kappa shape index (κ2) is 11.7. The normalized spacial score (nSPS) is 18.8. The average Bonchev–Trinajstić information content (AvgIpc) is 3.55. The number of carbonyl (C=O) groups is 1. The van der Waals surface area contributed by atoms with Crippen LogP contribution in [0.1, 0.15) is 31.4 Å². The van der Waals surface area contributed by atoms with E-state index in [9.17, 15) is 4.79 Å². The zero-order valence-corrected chi connectivity index (χ0v) is 21.5. The third-order valence-electron chi connectivity index (χ3n) is 6.93. The first-order valence-electron chi connectivity index (χ1n) is 13.0. The van der Waals surface area contributed by atoms with Gasteiger partial charge in [-0.1, -0.05) is 36.4 Å². The Bertz CT molecular complexity index is 1200. The summed E-state index contributed by atoms with van der Waals surface area (Å²) in [6.07, 6.45) is 1.54. The van der Waals surface area contributed by atoms with Crippen LogP contribution in [0.15, 0.2) is 72.8 Å². The van der Waals surface area contributed by atoms with E-state index in [-0.39, 0.29) is 24.8 Å². The standard InChI is InChI=1S/C30H35N3O4/c1-21(2)33-19-24(32-18-23-7-6-10-26(15-23)37-25-8-4-3-5-9-25)17-27(33)30(34)31-14-13-22-11-12-28-29(16-22)36-20-35-28/h3-12,15-16,21,24,27,32H,13-14,17-20H2,1-2H3,(H,31,34)/t24-,27+/m1/s1. The first-order valence-corrected chi connectivity index (χ1v) is 13.0. The van der Waals surface area contributed by atoms with Crippen LogP contribution in [0, 0.1) is 0 Å². The molecule has 2 atom stereocenters. The fourth-order valence-corrected chi connectivity index (χ4v) is 4.99. The van der Waals surface area contributed by atoms with Gasteiger partial charge in [0, 0.05) is 31.7 Å². The molecule has 3 aromatic carbocycles. The number of fused-ring (bicyclic) bond motifs is 1. The number of carbonyl (C=O) groups excluding carboxylic acids is 1. The first-order chi connectivity index (χ1) is 18.0. The minimum atomic E-state index is -0.137. The summed E-state index contributed by atoms with van der Waals surface area (Å²) in [6.45, 7) is 6.73. The lowest BCUT2D eigenvalue weighted by Gasteiger charge is -2.27. The molecule has 1 fully saturated rings. The van der Waals surface area contributed by atoms with Crippen LogP contribution < -0.4 is 24.8 Å². The van der Waals surface area contributed by atoms with Crippen LogP contribution in [0.5, 0.6) is 23.0 Å². The molecule has 37 heavy (non-hydrogen) atoms. The van der Waals surface area contributed by atoms with Crippen LogP contribution in [0.2, 0.25) is 0 Å². The second-order valence-electron chi connectivity index (χ2n) is 9.91. The summed E-state index contributed by atoms with van der Waals surface area (Å²) in [4.78, 5) is 15.4. The van der Waals surface area contributed by atoms with Crippen LogP contribution >= 0.6 is 0 Å². The third-order valence-corrected chi connectivity index (χ3v) is 6.93. The summed E-state index contributed by atoms with van der Waals surface area (Å²) in [5, 5.41) is 6.82. The average molecular weight is 502 g/mol. The van der Waals surface area contributed by atoms with Crippen molar-refractivity contribution >= 4 is 5.91 Å². The van der Waals surface area contributed by atoms with Crippen LogP contribution in [-0.2, 0) is 17.8 Å². The summed E-state index contributed by atoms with van der Waals surface area (Å²) >= 11 is 0. The highest BCUT2D eigenvalue weighted by molar-refractivity contribution is 5.82. The highest BCUT2D eigenvalue weighted by atomic mass is 16.7. The molecule has 0 bridgehead atoms. The van der Waals surface area contributed by atoms with Crippen LogP contribution in [0.4, 0.5) is 0 Å². The maximum absolute atomic E-state index is 13.1. The van der Waals surface area contributed by atoms with E-state index in [1.165, 1.54) is 0 Å². The number of para-hydroxylation sites is 1. The maximum Gasteiger partial charge on any atom is 0.237 e. The Hall–Kier alpha value is -3.55. The van der Waals surface area contributed by atoms with Crippen molar-refractivity contribution in [1.82, 2.24) is 15.5 Å². The molecule has 2 aliphatic rings. The molecule has 7 heteroatoms. The van der Waals surface area contributed by atoms with Crippen molar-refractivity contribution in [2.24, 2.45) is 0 Å². The molecule has 5 rings (SSSR count). The fourth-order valence-electron chi connectivity index (χ4n) is 4.99. The lowest BCUT2D eigenvalue weighted by atomic mass is 10.1. The number of amides is 1. The molecular formula is C30H35N3O4. The molecule has 0 aromatic heterocycles. The SMILES string of the molecule is CC(C)N1C[C@H](NCc2cccc(Oc3ccccc3)c2)C[C@H]1C(=O)NCCc1ccc2c(c1)OCO2. The van der Waals surface area contributed by atoms with Gasteiger partial charge >= 0.3 is 0 Å². The van der Waals surface area contributed by atoms with Crippen molar-refractivity contribution in [3.8, 4) is 23.0 Å². The van der Waals surface area contributed by atoms with E-state index >= 15 is 0 Å². The molecular weight excluding hydrogens is 466 g/mol. The Balaban J connectivity index is 1.12. The summed E-state index contributed by atoms with van der Waals surface area (Å²) in [6, 6.07) is 24.3. The van der Waals surface area contributed by atoms with Crippen molar-refractivity contribution in [2.45, 2.75) is 51.4 Å². The van der Waals surface area contributed by atoms with Gasteiger partial charge in [0.1, 0.15) is 11.5 Å². The zero-order chi connectivity index (χ0) is 25.6. The third kappa shape index (κ3) is 6.42. The lowest BCUT2D eigenvalue weighted by molar-refractivity contribution is -0.126. The number of benzene rings is 3. The van der Waals surface area contributed by atoms with Crippen molar-refractivity contribution in [3.05, 3.63) is 83.9 Å². The number of hydrogen-bond acceptors (Lipinski definition) is 6. The summed E-state index contributed by atoms with van der Waals surface area (Å²) in [5.74, 6) is 3.29. The van der Waals surface area contributed by atoms with Gasteiger partial charge in [-0.25, -0.2) is 0 Å². The van der Waals surface area contributed by atoms with Crippen LogP contribution in [-0.4, -0.2) is 48.8 Å². The van der Waals surface area contributed by atoms with Crippen molar-refractivity contribution < 1.29 is 19.0 Å². The molecule has 2 N–H and O–H groups in total. The van der Waals surface area contributed by atoms with Crippen LogP contribution in [0.25, 0.3) is 0 Å². The van der Waals surface area contributed by atoms with Crippen LogP contribution in [0.3, 0.4) is 0 Å². The van der Waals surface area contributed by atoms with Gasteiger partial charge in [0.15, 0.2) is 11.5 Å². The molecule has 3 aromatic rings. The number of hydrogen-bond donors (Lipinski definition) is 2. The van der Waals surface area contributed by atoms with E-state index < -0.39 is 0 Å². The predicted octanol–water partition coefficient (Wildman–Crippen LogP) is 4.51. The molecule has 0 aliphatic carbocycles. The van der Waals surface area contributed by atoms with Crippen molar-refractivity contribution in [3.63, 3.8) is 0 Å². The molecule has 7 nitrogen and oxygen atoms in total. The predicted molar refractivity (Wildman–Crippen MR) is 143 cm³/mol. The van der Waals surface area contributed by atoms with E-state index in [1.54, 1.807) is 0 Å². The number of nitrogens with one attached hydrogen (secondary N) is 2. The van der Waals surface area contributed by atoms with E-state index in [4.69, 9.17) is 14.2 Å². The summed E-state index contributed by atoms with van der Waals surface area (Å²) in [7, 11) is 0. The highest BCUT2D eigenvalue weighted by Crippen LogP contribution is 2.32. The molecule has 0 saturated carbocycles. The minimum absolute atomic E-state index is 0.0944. The van der Waals surface area contributed by atoms with Gasteiger partial charge in [-0.05, 0) is 74.2 Å². The smallest absolute Gasteiger partial charge is 0.237 e. The Kier molecular flexibility index (Phi) is 7.92. The zero-order valence-electron chi connectivity index (χ0n) is 21.5. The van der Waals surface area contributed by atoms with Gasteiger partial charge < -0.3 is 24.8 Å². The van der Waals surface area contributed by atoms with Gasteiger partial charge in [-0.15, -0.1) is 0 Å². The number of ether oxygens (including phenoxy) is 3. The Morgan fingerprint density at radius 1 is 0.973 bits per heavy atom. The van der Waals surface area contributed by atoms with Gasteiger partial charge in [0.2, 0.25) is 12.7 Å². The van der Waals surface area contributed by atoms with Gasteiger partial charge in [-0.3, -0.25) is 9.69 Å². The van der Waals surface area contributed by atoms with E-state index in [2.05, 4.69) is 41.5 Å². The summed E-state index contributed by atoms with van der Waals surface area (Å²) < 4.78 is 16.8. The van der Waals surface area contributed by atoms with E-state index in [0.29, 0.717) is 12.6 Å². The number of likely N-dealkylation sites (tertiary alicyclic amines) is 1. The molecule has 2 aliphatic heterocycles. The monoisotopic (exact) mass is 501 g/mol. The fraction of sp³-hybridized carbons (Fsp3) is 0.367. The van der Waals surface area contributed by atoms with Crippen molar-refractivity contribution in [1.29, 1.82) is 0 Å². The summed E-state index contributed by atoms with van der Waals surface area (Å²) in [5.41, 5.74) is 2.27. The number of rotatable bonds is 10. The van der Waals surface area contributed by atoms with Crippen molar-refractivity contribution in [2.75, 3.05) is 19.9 Å². The molecule has 2 heterocycles. The first kappa shape index (κ1) is 25.1. The molecule has 1 saturated heterocycles. The van der Waals surface area contributed by atoms with E-state index in [1.807, 2.05) is 60.7 Å². The second-order valence-corrected chi connectivity index (χ2v) is 9.91. The Labute approximate surface area is 218 Å². The molecule has 1 amide bonds. The maximum atomic E-state index is 13.1. The molecule has 0 unspecified atom stereocenters. The molecule has 194 valence electrons. The van der Waals surface area contributed by atoms with Gasteiger partial charge in [0.05, 0.1) is 6.04 Å². The van der Waals surface area contributed by atoms with Gasteiger partial charge in [-0.2, -0.15) is 0 Å². The Morgan fingerprint density at radius 2 is 1.78 bits per heavy atom.